The summed E-state index contributed by atoms with van der Waals surface area (Å²) in [6.45, 7) is 0. The quantitative estimate of drug-likeness (QED) is 0.188. The predicted octanol–water partition coefficient (Wildman–Crippen LogP) is 10.6. The van der Waals surface area contributed by atoms with Crippen LogP contribution < -0.4 is 9.97 Å². The number of benzene rings is 4. The van der Waals surface area contributed by atoms with Crippen molar-refractivity contribution in [3.05, 3.63) is 168 Å². The van der Waals surface area contributed by atoms with Gasteiger partial charge in [-0.25, -0.2) is 9.97 Å². The normalized spacial score (nSPS) is 11.8. The molecule has 8 bridgehead atoms. The second-order valence-electron chi connectivity index (χ2n) is 11.8. The summed E-state index contributed by atoms with van der Waals surface area (Å²) in [5.41, 5.74) is 15.0. The number of hydrogen-bond acceptors (Lipinski definition) is 2. The summed E-state index contributed by atoms with van der Waals surface area (Å²) in [6.07, 6.45) is 8.41. The first kappa shape index (κ1) is 30.4. The molecule has 0 amide bonds. The van der Waals surface area contributed by atoms with Gasteiger partial charge in [0.2, 0.25) is 0 Å². The third-order valence-corrected chi connectivity index (χ3v) is 8.86. The summed E-state index contributed by atoms with van der Waals surface area (Å²) in [5.74, 6) is 0. The molecule has 0 saturated heterocycles. The van der Waals surface area contributed by atoms with Crippen molar-refractivity contribution in [2.75, 3.05) is 0 Å². The molecule has 4 aromatic carbocycles. The van der Waals surface area contributed by atoms with E-state index in [1.54, 1.807) is 0 Å². The molecular weight excluding hydrogens is 637 g/mol. The summed E-state index contributed by atoms with van der Waals surface area (Å²) in [5, 5.41) is 0. The molecular formula is C44H28CrN4. The summed E-state index contributed by atoms with van der Waals surface area (Å²) in [4.78, 5) is 21.2. The second-order valence-corrected chi connectivity index (χ2v) is 11.8. The Labute approximate surface area is 295 Å². The third kappa shape index (κ3) is 5.56. The van der Waals surface area contributed by atoms with Gasteiger partial charge >= 0.3 is 17.4 Å². The van der Waals surface area contributed by atoms with Crippen LogP contribution in [0.3, 0.4) is 0 Å². The zero-order valence-corrected chi connectivity index (χ0v) is 27.6. The van der Waals surface area contributed by atoms with Gasteiger partial charge in [0, 0.05) is 0 Å². The van der Waals surface area contributed by atoms with Crippen LogP contribution in [0.25, 0.3) is 90.9 Å². The van der Waals surface area contributed by atoms with Gasteiger partial charge in [0.05, 0.1) is 22.8 Å². The molecule has 2 aliphatic heterocycles. The van der Waals surface area contributed by atoms with E-state index < -0.39 is 0 Å². The number of aromatic nitrogens is 4. The van der Waals surface area contributed by atoms with Crippen LogP contribution in [0, 0.1) is 0 Å². The van der Waals surface area contributed by atoms with E-state index in [1.807, 2.05) is 24.3 Å². The van der Waals surface area contributed by atoms with Gasteiger partial charge in [-0.1, -0.05) is 146 Å². The van der Waals surface area contributed by atoms with Crippen LogP contribution in [-0.2, 0) is 17.4 Å². The minimum atomic E-state index is 0. The van der Waals surface area contributed by atoms with Crippen LogP contribution in [0.1, 0.15) is 22.8 Å². The summed E-state index contributed by atoms with van der Waals surface area (Å²) in [6, 6.07) is 50.0. The van der Waals surface area contributed by atoms with Crippen LogP contribution >= 0.6 is 0 Å². The maximum Gasteiger partial charge on any atom is 2.00 e. The van der Waals surface area contributed by atoms with Crippen LogP contribution in [0.4, 0.5) is 0 Å². The fourth-order valence-electron chi connectivity index (χ4n) is 6.69. The molecule has 0 fully saturated rings. The Kier molecular flexibility index (Phi) is 7.99. The molecule has 0 saturated carbocycles. The largest absolute Gasteiger partial charge is 2.00 e. The molecule has 2 aliphatic rings. The van der Waals surface area contributed by atoms with E-state index in [-0.39, 0.29) is 17.4 Å². The van der Waals surface area contributed by atoms with Gasteiger partial charge in [0.15, 0.2) is 0 Å². The smallest absolute Gasteiger partial charge is 0.657 e. The second kappa shape index (κ2) is 12.9. The van der Waals surface area contributed by atoms with E-state index in [0.717, 1.165) is 89.4 Å². The van der Waals surface area contributed by atoms with Crippen LogP contribution in [-0.4, -0.2) is 9.97 Å². The van der Waals surface area contributed by atoms with Gasteiger partial charge in [-0.3, -0.25) is 0 Å². The van der Waals surface area contributed by atoms with Crippen molar-refractivity contribution in [2.24, 2.45) is 0 Å². The van der Waals surface area contributed by atoms with Crippen LogP contribution in [0.15, 0.2) is 146 Å². The summed E-state index contributed by atoms with van der Waals surface area (Å²) < 4.78 is 0. The fourth-order valence-corrected chi connectivity index (χ4v) is 6.69. The molecule has 49 heavy (non-hydrogen) atoms. The molecule has 0 aliphatic carbocycles. The molecule has 0 radical (unpaired) electrons. The average Bonchev–Trinajstić information content (AvgIpc) is 3.98. The van der Waals surface area contributed by atoms with Gasteiger partial charge in [0.25, 0.3) is 0 Å². The Morgan fingerprint density at radius 3 is 0.735 bits per heavy atom. The van der Waals surface area contributed by atoms with Crippen molar-refractivity contribution in [1.82, 2.24) is 19.9 Å². The van der Waals surface area contributed by atoms with E-state index in [1.165, 1.54) is 0 Å². The molecule has 0 N–H and O–H groups in total. The fraction of sp³-hybridized carbons (Fsp3) is 0. The molecule has 0 spiro atoms. The first-order valence-corrected chi connectivity index (χ1v) is 16.1. The van der Waals surface area contributed by atoms with Crippen molar-refractivity contribution in [1.29, 1.82) is 0 Å². The average molecular weight is 665 g/mol. The molecule has 3 aromatic heterocycles. The van der Waals surface area contributed by atoms with Crippen molar-refractivity contribution >= 4 is 46.4 Å². The SMILES string of the molecule is C1=Cc2nc1c(-c1ccccc1)c1ccc([n-]1)c(-c1ccccc1)c1nc(c(-c3ccccc3)c3ccc([n-]3)c2-c2ccccc2)C=C1.[Cr+2]. The minimum absolute atomic E-state index is 0. The van der Waals surface area contributed by atoms with Gasteiger partial charge in [-0.15, -0.1) is 22.1 Å². The molecule has 0 unspecified atom stereocenters. The van der Waals surface area contributed by atoms with Crippen LogP contribution in [0.5, 0.6) is 0 Å². The zero-order valence-electron chi connectivity index (χ0n) is 26.4. The Balaban J connectivity index is 0.00000348. The van der Waals surface area contributed by atoms with Gasteiger partial charge in [0.1, 0.15) is 0 Å². The van der Waals surface area contributed by atoms with Gasteiger partial charge in [-0.05, 0) is 68.8 Å². The number of fused-ring (bicyclic) bond motifs is 8. The Bertz CT molecular complexity index is 2180. The van der Waals surface area contributed by atoms with E-state index in [9.17, 15) is 0 Å². The molecule has 0 atom stereocenters. The van der Waals surface area contributed by atoms with E-state index in [0.29, 0.717) is 0 Å². The molecule has 9 rings (SSSR count). The van der Waals surface area contributed by atoms with Crippen molar-refractivity contribution in [3.8, 4) is 44.5 Å². The van der Waals surface area contributed by atoms with Crippen LogP contribution in [0.2, 0.25) is 0 Å². The van der Waals surface area contributed by atoms with Gasteiger partial charge in [-0.2, -0.15) is 0 Å². The van der Waals surface area contributed by atoms with E-state index in [2.05, 4.69) is 146 Å². The summed E-state index contributed by atoms with van der Waals surface area (Å²) in [7, 11) is 0. The van der Waals surface area contributed by atoms with Crippen molar-refractivity contribution in [3.63, 3.8) is 0 Å². The topological polar surface area (TPSA) is 54.0 Å². The number of hydrogen-bond donors (Lipinski definition) is 0. The van der Waals surface area contributed by atoms with Crippen molar-refractivity contribution in [2.45, 2.75) is 0 Å². The van der Waals surface area contributed by atoms with Crippen molar-refractivity contribution < 1.29 is 17.4 Å². The molecule has 5 heterocycles. The first-order chi connectivity index (χ1) is 23.8. The Hall–Kier alpha value is -5.99. The number of nitrogens with zero attached hydrogens (tertiary/aromatic N) is 4. The zero-order chi connectivity index (χ0) is 31.9. The Morgan fingerprint density at radius 2 is 0.510 bits per heavy atom. The minimum Gasteiger partial charge on any atom is -0.657 e. The monoisotopic (exact) mass is 664 g/mol. The standard InChI is InChI=1S/C44H28N4.Cr/c1-5-13-29(14-6-1)41-33-21-23-35(45-33)42(30-15-7-2-8-16-30)37-25-27-39(47-37)44(32-19-11-4-12-20-32)40-28-26-38(48-40)43(31-17-9-3-10-18-31)36-24-22-34(41)46-36;/h1-28H;/q-2;+2. The third-order valence-electron chi connectivity index (χ3n) is 8.86. The first-order valence-electron chi connectivity index (χ1n) is 16.1. The maximum atomic E-state index is 5.31. The van der Waals surface area contributed by atoms with E-state index >= 15 is 0 Å². The molecule has 7 aromatic rings. The maximum absolute atomic E-state index is 5.31. The number of rotatable bonds is 4. The summed E-state index contributed by atoms with van der Waals surface area (Å²) >= 11 is 0. The molecule has 4 nitrogen and oxygen atoms in total. The molecule has 5 heteroatoms. The predicted molar refractivity (Wildman–Crippen MR) is 199 cm³/mol. The van der Waals surface area contributed by atoms with E-state index in [4.69, 9.17) is 19.9 Å². The van der Waals surface area contributed by atoms with Gasteiger partial charge < -0.3 is 9.97 Å². The molecule has 230 valence electrons. The Morgan fingerprint density at radius 1 is 0.286 bits per heavy atom.